The minimum absolute atomic E-state index is 0.193. The fourth-order valence-electron chi connectivity index (χ4n) is 2.95. The number of aromatic nitrogens is 3. The molecule has 1 N–H and O–H groups in total. The summed E-state index contributed by atoms with van der Waals surface area (Å²) in [4.78, 5) is 25.5. The van der Waals surface area contributed by atoms with Gasteiger partial charge in [-0.15, -0.1) is 5.10 Å². The van der Waals surface area contributed by atoms with Crippen LogP contribution in [0, 0.1) is 0 Å². The summed E-state index contributed by atoms with van der Waals surface area (Å²) in [5.74, 6) is -0.803. The van der Waals surface area contributed by atoms with Crippen molar-refractivity contribution in [3.05, 3.63) is 34.9 Å². The van der Waals surface area contributed by atoms with E-state index in [0.717, 1.165) is 13.0 Å². The van der Waals surface area contributed by atoms with Crippen LogP contribution in [-0.4, -0.2) is 48.8 Å². The number of aliphatic carboxylic acids is 1. The number of hydrogen-bond donors (Lipinski definition) is 1. The SMILES string of the molecule is CC1(C(=O)O)CCCN1CCn1nc2ccccn2c1=O. The van der Waals surface area contributed by atoms with Crippen LogP contribution in [0.15, 0.2) is 29.2 Å². The Morgan fingerprint density at radius 2 is 2.24 bits per heavy atom. The Morgan fingerprint density at radius 1 is 1.43 bits per heavy atom. The van der Waals surface area contributed by atoms with Gasteiger partial charge in [-0.3, -0.25) is 14.1 Å². The summed E-state index contributed by atoms with van der Waals surface area (Å²) >= 11 is 0. The molecule has 0 radical (unpaired) electrons. The Bertz CT molecular complexity index is 735. The molecule has 1 fully saturated rings. The van der Waals surface area contributed by atoms with E-state index in [1.54, 1.807) is 25.3 Å². The van der Waals surface area contributed by atoms with E-state index in [0.29, 0.717) is 25.2 Å². The molecule has 1 saturated heterocycles. The van der Waals surface area contributed by atoms with Gasteiger partial charge in [0.15, 0.2) is 5.65 Å². The van der Waals surface area contributed by atoms with Crippen LogP contribution < -0.4 is 5.69 Å². The highest BCUT2D eigenvalue weighted by molar-refractivity contribution is 5.78. The molecule has 0 amide bonds. The van der Waals surface area contributed by atoms with Crippen LogP contribution >= 0.6 is 0 Å². The van der Waals surface area contributed by atoms with Crippen LogP contribution in [0.25, 0.3) is 5.65 Å². The van der Waals surface area contributed by atoms with Crippen molar-refractivity contribution in [2.75, 3.05) is 13.1 Å². The van der Waals surface area contributed by atoms with Crippen LogP contribution in [0.1, 0.15) is 19.8 Å². The molecule has 0 saturated carbocycles. The highest BCUT2D eigenvalue weighted by atomic mass is 16.4. The van der Waals surface area contributed by atoms with Crippen molar-refractivity contribution in [3.63, 3.8) is 0 Å². The van der Waals surface area contributed by atoms with Crippen LogP contribution in [0.5, 0.6) is 0 Å². The number of carboxylic acids is 1. The Morgan fingerprint density at radius 3 is 2.95 bits per heavy atom. The van der Waals surface area contributed by atoms with Gasteiger partial charge in [0.2, 0.25) is 0 Å². The summed E-state index contributed by atoms with van der Waals surface area (Å²) in [5, 5.41) is 13.6. The Kier molecular flexibility index (Phi) is 3.29. The van der Waals surface area contributed by atoms with Crippen LogP contribution in [-0.2, 0) is 11.3 Å². The third kappa shape index (κ3) is 2.23. The first kappa shape index (κ1) is 13.8. The molecule has 7 nitrogen and oxygen atoms in total. The van der Waals surface area contributed by atoms with Crippen molar-refractivity contribution < 1.29 is 9.90 Å². The quantitative estimate of drug-likeness (QED) is 0.883. The summed E-state index contributed by atoms with van der Waals surface area (Å²) in [6.45, 7) is 3.38. The fourth-order valence-corrected chi connectivity index (χ4v) is 2.95. The highest BCUT2D eigenvalue weighted by Gasteiger charge is 2.42. The van der Waals surface area contributed by atoms with Gasteiger partial charge in [-0.1, -0.05) is 6.07 Å². The van der Waals surface area contributed by atoms with Crippen LogP contribution in [0.3, 0.4) is 0 Å². The standard InChI is InChI=1S/C14H18N4O3/c1-14(12(19)20)6-4-7-16(14)9-10-18-13(21)17-8-3-2-5-11(17)15-18/h2-3,5,8H,4,6-7,9-10H2,1H3,(H,19,20). The molecular formula is C14H18N4O3. The fraction of sp³-hybridized carbons (Fsp3) is 0.500. The molecule has 0 aliphatic carbocycles. The Labute approximate surface area is 121 Å². The molecule has 2 aromatic rings. The summed E-state index contributed by atoms with van der Waals surface area (Å²) in [6.07, 6.45) is 3.18. The van der Waals surface area contributed by atoms with Gasteiger partial charge in [0, 0.05) is 12.7 Å². The van der Waals surface area contributed by atoms with E-state index in [4.69, 9.17) is 0 Å². The second-order valence-corrected chi connectivity index (χ2v) is 5.60. The van der Waals surface area contributed by atoms with E-state index in [1.807, 2.05) is 11.0 Å². The average Bonchev–Trinajstić information content (AvgIpc) is 2.99. The van der Waals surface area contributed by atoms with Crippen molar-refractivity contribution >= 4 is 11.6 Å². The van der Waals surface area contributed by atoms with E-state index in [1.165, 1.54) is 9.08 Å². The van der Waals surface area contributed by atoms with Gasteiger partial charge < -0.3 is 5.11 Å². The molecule has 3 heterocycles. The zero-order valence-corrected chi connectivity index (χ0v) is 11.9. The van der Waals surface area contributed by atoms with Gasteiger partial charge in [0.1, 0.15) is 5.54 Å². The summed E-state index contributed by atoms with van der Waals surface area (Å²) in [5.41, 5.74) is -0.422. The summed E-state index contributed by atoms with van der Waals surface area (Å²) in [6, 6.07) is 5.38. The minimum atomic E-state index is -0.831. The zero-order chi connectivity index (χ0) is 15.0. The lowest BCUT2D eigenvalue weighted by molar-refractivity contribution is -0.148. The highest BCUT2D eigenvalue weighted by Crippen LogP contribution is 2.28. The molecule has 1 atom stereocenters. The molecule has 1 unspecified atom stereocenters. The number of carbonyl (C=O) groups is 1. The number of hydrogen-bond acceptors (Lipinski definition) is 4. The zero-order valence-electron chi connectivity index (χ0n) is 11.9. The molecule has 2 aromatic heterocycles. The Hall–Kier alpha value is -2.15. The maximum absolute atomic E-state index is 12.2. The number of pyridine rings is 1. The first-order chi connectivity index (χ1) is 10.0. The number of rotatable bonds is 4. The van der Waals surface area contributed by atoms with Gasteiger partial charge in [-0.05, 0) is 38.4 Å². The molecular weight excluding hydrogens is 272 g/mol. The second kappa shape index (κ2) is 5.00. The van der Waals surface area contributed by atoms with Gasteiger partial charge in [-0.2, -0.15) is 0 Å². The molecule has 0 bridgehead atoms. The molecule has 0 aromatic carbocycles. The first-order valence-corrected chi connectivity index (χ1v) is 7.05. The van der Waals surface area contributed by atoms with E-state index in [2.05, 4.69) is 5.10 Å². The van der Waals surface area contributed by atoms with E-state index < -0.39 is 11.5 Å². The summed E-state index contributed by atoms with van der Waals surface area (Å²) in [7, 11) is 0. The molecule has 0 spiro atoms. The predicted molar refractivity (Wildman–Crippen MR) is 76.3 cm³/mol. The lowest BCUT2D eigenvalue weighted by Crippen LogP contribution is -2.49. The molecule has 1 aliphatic heterocycles. The average molecular weight is 290 g/mol. The lowest BCUT2D eigenvalue weighted by Gasteiger charge is -2.30. The first-order valence-electron chi connectivity index (χ1n) is 7.05. The lowest BCUT2D eigenvalue weighted by atomic mass is 9.99. The monoisotopic (exact) mass is 290 g/mol. The number of fused-ring (bicyclic) bond motifs is 1. The summed E-state index contributed by atoms with van der Waals surface area (Å²) < 4.78 is 2.89. The van der Waals surface area contributed by atoms with E-state index in [9.17, 15) is 14.7 Å². The molecule has 7 heteroatoms. The van der Waals surface area contributed by atoms with Gasteiger partial charge in [0.05, 0.1) is 6.54 Å². The number of nitrogens with zero attached hydrogens (tertiary/aromatic N) is 4. The topological polar surface area (TPSA) is 79.8 Å². The van der Waals surface area contributed by atoms with Crippen molar-refractivity contribution in [3.8, 4) is 0 Å². The molecule has 1 aliphatic rings. The smallest absolute Gasteiger partial charge is 0.350 e. The van der Waals surface area contributed by atoms with Crippen molar-refractivity contribution in [1.29, 1.82) is 0 Å². The molecule has 112 valence electrons. The van der Waals surface area contributed by atoms with E-state index >= 15 is 0 Å². The van der Waals surface area contributed by atoms with Crippen LogP contribution in [0.2, 0.25) is 0 Å². The normalized spacial score (nSPS) is 22.9. The predicted octanol–water partition coefficient (Wildman–Crippen LogP) is 0.435. The largest absolute Gasteiger partial charge is 0.480 e. The maximum Gasteiger partial charge on any atom is 0.350 e. The minimum Gasteiger partial charge on any atom is -0.480 e. The van der Waals surface area contributed by atoms with Crippen LogP contribution in [0.4, 0.5) is 0 Å². The van der Waals surface area contributed by atoms with Gasteiger partial charge in [-0.25, -0.2) is 9.48 Å². The second-order valence-electron chi connectivity index (χ2n) is 5.60. The Balaban J connectivity index is 1.79. The van der Waals surface area contributed by atoms with Crippen molar-refractivity contribution in [2.45, 2.75) is 31.8 Å². The number of carboxylic acid groups (broad SMARTS) is 1. The molecule has 3 rings (SSSR count). The maximum atomic E-state index is 12.2. The third-order valence-corrected chi connectivity index (χ3v) is 4.32. The van der Waals surface area contributed by atoms with Gasteiger partial charge in [0.25, 0.3) is 0 Å². The third-order valence-electron chi connectivity index (χ3n) is 4.32. The molecule has 21 heavy (non-hydrogen) atoms. The van der Waals surface area contributed by atoms with Crippen molar-refractivity contribution in [1.82, 2.24) is 19.1 Å². The number of likely N-dealkylation sites (tertiary alicyclic amines) is 1. The van der Waals surface area contributed by atoms with E-state index in [-0.39, 0.29) is 5.69 Å². The van der Waals surface area contributed by atoms with Gasteiger partial charge >= 0.3 is 11.7 Å². The van der Waals surface area contributed by atoms with Crippen molar-refractivity contribution in [2.24, 2.45) is 0 Å².